The van der Waals surface area contributed by atoms with Crippen molar-refractivity contribution in [1.29, 1.82) is 0 Å². The number of aliphatic hydroxyl groups is 1. The van der Waals surface area contributed by atoms with Gasteiger partial charge in [-0.15, -0.1) is 0 Å². The van der Waals surface area contributed by atoms with E-state index in [2.05, 4.69) is 60.9 Å². The van der Waals surface area contributed by atoms with Gasteiger partial charge in [-0.2, -0.15) is 0 Å². The van der Waals surface area contributed by atoms with E-state index in [-0.39, 0.29) is 30.9 Å². The Kier molecular flexibility index (Phi) is 32.8. The molecule has 2 amide bonds. The maximum absolute atomic E-state index is 12.7. The molecule has 0 aliphatic heterocycles. The van der Waals surface area contributed by atoms with Crippen molar-refractivity contribution in [2.45, 2.75) is 180 Å². The monoisotopic (exact) mass is 691 g/mol. The zero-order chi connectivity index (χ0) is 36.2. The number of aliphatic hydroxyl groups excluding tert-OH is 1. The van der Waals surface area contributed by atoms with Crippen molar-refractivity contribution in [2.24, 2.45) is 0 Å². The fourth-order valence-corrected chi connectivity index (χ4v) is 5.31. The van der Waals surface area contributed by atoms with Crippen LogP contribution in [0.4, 0.5) is 0 Å². The molecule has 0 aromatic rings. The number of amides is 2. The summed E-state index contributed by atoms with van der Waals surface area (Å²) in [6.07, 6.45) is 37.5. The summed E-state index contributed by atoms with van der Waals surface area (Å²) >= 11 is 0. The molecular weight excluding hydrogens is 620 g/mol. The first-order chi connectivity index (χ1) is 23.8. The Balaban J connectivity index is 4.37. The van der Waals surface area contributed by atoms with Gasteiger partial charge in [0, 0.05) is 12.8 Å². The third kappa shape index (κ3) is 32.0. The van der Waals surface area contributed by atoms with Gasteiger partial charge >= 0.3 is 11.9 Å². The van der Waals surface area contributed by atoms with Gasteiger partial charge in [0.1, 0.15) is 12.1 Å². The summed E-state index contributed by atoms with van der Waals surface area (Å²) in [5, 5.41) is 22.5. The van der Waals surface area contributed by atoms with Gasteiger partial charge in [0.2, 0.25) is 11.8 Å². The highest BCUT2D eigenvalue weighted by Gasteiger charge is 2.18. The third-order valence-electron chi connectivity index (χ3n) is 8.32. The highest BCUT2D eigenvalue weighted by molar-refractivity contribution is 5.87. The summed E-state index contributed by atoms with van der Waals surface area (Å²) in [5.74, 6) is -2.41. The van der Waals surface area contributed by atoms with Crippen molar-refractivity contribution in [2.75, 3.05) is 13.2 Å². The molecule has 0 spiro atoms. The van der Waals surface area contributed by atoms with Gasteiger partial charge in [-0.05, 0) is 70.3 Å². The van der Waals surface area contributed by atoms with Crippen LogP contribution in [0, 0.1) is 0 Å². The van der Waals surface area contributed by atoms with Gasteiger partial charge < -0.3 is 25.6 Å². The Morgan fingerprint density at radius 2 is 1.20 bits per heavy atom. The average molecular weight is 691 g/mol. The number of hydrogen-bond acceptors (Lipinski definition) is 6. The van der Waals surface area contributed by atoms with Crippen LogP contribution in [0.15, 0.2) is 36.5 Å². The van der Waals surface area contributed by atoms with Gasteiger partial charge in [0.15, 0.2) is 0 Å². The predicted octanol–water partition coefficient (Wildman–Crippen LogP) is 8.65. The molecule has 49 heavy (non-hydrogen) atoms. The van der Waals surface area contributed by atoms with E-state index in [0.29, 0.717) is 12.8 Å². The number of nitrogens with one attached hydrogen (secondary N) is 2. The number of carbonyl (C=O) groups is 4. The second kappa shape index (κ2) is 34.9. The largest absolute Gasteiger partial charge is 0.480 e. The molecule has 0 heterocycles. The fourth-order valence-electron chi connectivity index (χ4n) is 5.31. The number of hydrogen-bond donors (Lipinski definition) is 4. The lowest BCUT2D eigenvalue weighted by atomic mass is 10.1. The number of rotatable bonds is 34. The van der Waals surface area contributed by atoms with E-state index in [9.17, 15) is 19.2 Å². The number of unbranched alkanes of at least 4 members (excludes halogenated alkanes) is 16. The first kappa shape index (κ1) is 46.1. The summed E-state index contributed by atoms with van der Waals surface area (Å²) < 4.78 is 5.88. The molecule has 0 aromatic carbocycles. The van der Waals surface area contributed by atoms with Crippen molar-refractivity contribution >= 4 is 23.8 Å². The maximum atomic E-state index is 12.7. The summed E-state index contributed by atoms with van der Waals surface area (Å²) in [6, 6.07) is -1.39. The van der Waals surface area contributed by atoms with Crippen LogP contribution in [0.25, 0.3) is 0 Å². The van der Waals surface area contributed by atoms with Gasteiger partial charge in [0.25, 0.3) is 0 Å². The number of ether oxygens (including phenoxy) is 1. The molecule has 4 N–H and O–H groups in total. The maximum Gasteiger partial charge on any atom is 0.328 e. The molecule has 0 aliphatic rings. The lowest BCUT2D eigenvalue weighted by Gasteiger charge is -2.15. The third-order valence-corrected chi connectivity index (χ3v) is 8.32. The Morgan fingerprint density at radius 1 is 0.633 bits per heavy atom. The van der Waals surface area contributed by atoms with E-state index < -0.39 is 24.5 Å². The minimum atomic E-state index is -1.39. The quantitative estimate of drug-likeness (QED) is 0.0301. The lowest BCUT2D eigenvalue weighted by molar-refractivity contribution is -0.147. The predicted molar refractivity (Wildman–Crippen MR) is 199 cm³/mol. The van der Waals surface area contributed by atoms with E-state index in [1.165, 1.54) is 57.8 Å². The first-order valence-corrected chi connectivity index (χ1v) is 19.4. The topological polar surface area (TPSA) is 142 Å². The molecule has 9 heteroatoms. The van der Waals surface area contributed by atoms with Crippen molar-refractivity contribution in [1.82, 2.24) is 10.6 Å². The first-order valence-electron chi connectivity index (χ1n) is 19.4. The molecule has 0 bridgehead atoms. The van der Waals surface area contributed by atoms with Crippen LogP contribution >= 0.6 is 0 Å². The van der Waals surface area contributed by atoms with Crippen LogP contribution in [0.2, 0.25) is 0 Å². The number of allylic oxidation sites excluding steroid dienone is 5. The Morgan fingerprint density at radius 3 is 1.84 bits per heavy atom. The van der Waals surface area contributed by atoms with E-state index in [4.69, 9.17) is 14.9 Å². The van der Waals surface area contributed by atoms with Gasteiger partial charge in [-0.3, -0.25) is 14.4 Å². The van der Waals surface area contributed by atoms with Gasteiger partial charge in [-0.1, -0.05) is 121 Å². The molecule has 0 aromatic heterocycles. The number of esters is 1. The number of carboxylic acids is 1. The van der Waals surface area contributed by atoms with Crippen LogP contribution < -0.4 is 10.6 Å². The van der Waals surface area contributed by atoms with E-state index in [0.717, 1.165) is 77.0 Å². The van der Waals surface area contributed by atoms with E-state index >= 15 is 0 Å². The molecule has 0 fully saturated rings. The fraction of sp³-hybridized carbons (Fsp3) is 0.750. The van der Waals surface area contributed by atoms with Gasteiger partial charge in [0.05, 0.1) is 13.2 Å². The molecule has 0 saturated carbocycles. The highest BCUT2D eigenvalue weighted by Crippen LogP contribution is 2.15. The summed E-state index contributed by atoms with van der Waals surface area (Å²) in [6.45, 7) is 3.37. The zero-order valence-electron chi connectivity index (χ0n) is 30.9. The minimum Gasteiger partial charge on any atom is -0.480 e. The van der Waals surface area contributed by atoms with E-state index in [1.807, 2.05) is 0 Å². The molecule has 0 rings (SSSR count). The molecule has 0 aliphatic carbocycles. The van der Waals surface area contributed by atoms with Crippen LogP contribution in [0.5, 0.6) is 0 Å². The lowest BCUT2D eigenvalue weighted by Crippen LogP contribution is -2.47. The van der Waals surface area contributed by atoms with Crippen molar-refractivity contribution in [3.63, 3.8) is 0 Å². The Bertz CT molecular complexity index is 932. The van der Waals surface area contributed by atoms with Gasteiger partial charge in [-0.25, -0.2) is 4.79 Å². The number of carbonyl (C=O) groups excluding carboxylic acids is 3. The summed E-state index contributed by atoms with van der Waals surface area (Å²) in [5.41, 5.74) is 0. The van der Waals surface area contributed by atoms with Crippen molar-refractivity contribution in [3.05, 3.63) is 36.5 Å². The molecule has 9 nitrogen and oxygen atoms in total. The molecular formula is C40H70N2O7. The molecule has 282 valence electrons. The Labute approximate surface area is 297 Å². The standard InChI is InChI=1S/C40H70N2O7/c1-3-5-7-9-11-13-14-15-16-18-20-22-28-32-39(46)49-35(29-25-21-19-17-12-10-8-6-4-2)30-26-23-24-27-31-37(44)41-33-38(45)42-36(34-43)40(47)48/h7,9,13-14,25,29,35-36,43H,3-6,8,10-12,15-24,26-28,30-34H2,1-2H3,(H,41,44)(H,42,45)(H,47,48)/b9-7-,14-13-,29-25-. The summed E-state index contributed by atoms with van der Waals surface area (Å²) in [4.78, 5) is 47.4. The molecule has 0 saturated heterocycles. The van der Waals surface area contributed by atoms with E-state index in [1.54, 1.807) is 0 Å². The van der Waals surface area contributed by atoms with Crippen LogP contribution in [0.3, 0.4) is 0 Å². The smallest absolute Gasteiger partial charge is 0.328 e. The number of carboxylic acid groups (broad SMARTS) is 1. The Hall–Kier alpha value is -2.94. The van der Waals surface area contributed by atoms with Crippen LogP contribution in [0.1, 0.15) is 168 Å². The van der Waals surface area contributed by atoms with Crippen molar-refractivity contribution < 1.29 is 34.1 Å². The zero-order valence-corrected chi connectivity index (χ0v) is 30.9. The molecule has 0 radical (unpaired) electrons. The highest BCUT2D eigenvalue weighted by atomic mass is 16.5. The number of aliphatic carboxylic acids is 1. The second-order valence-corrected chi connectivity index (χ2v) is 13.0. The van der Waals surface area contributed by atoms with Crippen LogP contribution in [-0.4, -0.2) is 59.3 Å². The average Bonchev–Trinajstić information content (AvgIpc) is 3.08. The molecule has 2 atom stereocenters. The second-order valence-electron chi connectivity index (χ2n) is 13.0. The normalized spacial score (nSPS) is 12.9. The van der Waals surface area contributed by atoms with Crippen molar-refractivity contribution in [3.8, 4) is 0 Å². The molecule has 2 unspecified atom stereocenters. The van der Waals surface area contributed by atoms with Crippen LogP contribution in [-0.2, 0) is 23.9 Å². The SMILES string of the molecule is CCC/C=C\C/C=C\CCCCCCCC(=O)OC(/C=C\CCCCCCCCC)CCCCCCC(=O)NCC(=O)NC(CO)C(=O)O. The summed E-state index contributed by atoms with van der Waals surface area (Å²) in [7, 11) is 0. The minimum absolute atomic E-state index is 0.126.